The SMILES string of the molecule is CCCCn1c(=O)nc(N=C(N)CCc2nc(Cc3ccccc3)no2)c2[nH]cnc21. The third kappa shape index (κ3) is 4.85. The molecule has 0 atom stereocenters. The van der Waals surface area contributed by atoms with Gasteiger partial charge in [0.15, 0.2) is 17.3 Å². The zero-order chi connectivity index (χ0) is 21.6. The summed E-state index contributed by atoms with van der Waals surface area (Å²) in [6.07, 6.45) is 4.79. The second-order valence-corrected chi connectivity index (χ2v) is 7.19. The number of rotatable bonds is 9. The molecule has 0 bridgehead atoms. The van der Waals surface area contributed by atoms with Crippen LogP contribution in [0, 0.1) is 0 Å². The Morgan fingerprint density at radius 1 is 1.26 bits per heavy atom. The van der Waals surface area contributed by atoms with Crippen LogP contribution in [0.15, 0.2) is 51.0 Å². The lowest BCUT2D eigenvalue weighted by Gasteiger charge is -2.06. The van der Waals surface area contributed by atoms with E-state index in [-0.39, 0.29) is 11.5 Å². The minimum Gasteiger partial charge on any atom is -0.387 e. The van der Waals surface area contributed by atoms with Crippen LogP contribution in [-0.2, 0) is 19.4 Å². The molecule has 0 saturated heterocycles. The van der Waals surface area contributed by atoms with E-state index in [1.807, 2.05) is 30.3 Å². The second kappa shape index (κ2) is 9.33. The average Bonchev–Trinajstić information content (AvgIpc) is 3.43. The van der Waals surface area contributed by atoms with E-state index in [1.165, 1.54) is 6.33 Å². The first-order chi connectivity index (χ1) is 15.1. The number of fused-ring (bicyclic) bond motifs is 1. The Labute approximate surface area is 178 Å². The third-order valence-corrected chi connectivity index (χ3v) is 4.83. The number of aliphatic imine (C=N–C) groups is 1. The molecule has 3 heterocycles. The standard InChI is InChI=1S/C21H24N8O2/c1-2-3-11-29-20-18(23-13-24-20)19(27-21(29)30)25-15(22)9-10-17-26-16(28-31-17)12-14-7-5-4-6-8-14/h4-8,13H,2-3,9-12H2,1H3,(H,23,24)(H2,22,25,27,30). The maximum atomic E-state index is 12.4. The van der Waals surface area contributed by atoms with Gasteiger partial charge in [0.2, 0.25) is 5.89 Å². The van der Waals surface area contributed by atoms with Crippen molar-refractivity contribution in [1.82, 2.24) is 29.7 Å². The number of aromatic nitrogens is 6. The summed E-state index contributed by atoms with van der Waals surface area (Å²) in [5, 5.41) is 4.02. The van der Waals surface area contributed by atoms with Gasteiger partial charge in [-0.2, -0.15) is 9.97 Å². The van der Waals surface area contributed by atoms with Crippen LogP contribution in [0.1, 0.15) is 43.5 Å². The fourth-order valence-electron chi connectivity index (χ4n) is 3.22. The van der Waals surface area contributed by atoms with E-state index in [4.69, 9.17) is 10.3 Å². The van der Waals surface area contributed by atoms with E-state index < -0.39 is 0 Å². The number of nitrogens with one attached hydrogen (secondary N) is 1. The van der Waals surface area contributed by atoms with E-state index in [0.29, 0.717) is 54.5 Å². The Hall–Kier alpha value is -3.82. The molecule has 0 amide bonds. The lowest BCUT2D eigenvalue weighted by Crippen LogP contribution is -2.24. The van der Waals surface area contributed by atoms with Crippen molar-refractivity contribution in [1.29, 1.82) is 0 Å². The molecule has 4 aromatic rings. The van der Waals surface area contributed by atoms with Crippen molar-refractivity contribution in [2.24, 2.45) is 10.7 Å². The zero-order valence-corrected chi connectivity index (χ0v) is 17.3. The highest BCUT2D eigenvalue weighted by Gasteiger charge is 2.13. The van der Waals surface area contributed by atoms with Gasteiger partial charge in [-0.3, -0.25) is 4.57 Å². The Morgan fingerprint density at radius 2 is 2.10 bits per heavy atom. The quantitative estimate of drug-likeness (QED) is 0.313. The lowest BCUT2D eigenvalue weighted by molar-refractivity contribution is 0.375. The first-order valence-electron chi connectivity index (χ1n) is 10.3. The number of hydrogen-bond acceptors (Lipinski definition) is 7. The first-order valence-corrected chi connectivity index (χ1v) is 10.3. The second-order valence-electron chi connectivity index (χ2n) is 7.19. The highest BCUT2D eigenvalue weighted by atomic mass is 16.5. The van der Waals surface area contributed by atoms with Gasteiger partial charge >= 0.3 is 5.69 Å². The largest absolute Gasteiger partial charge is 0.387 e. The Kier molecular flexibility index (Phi) is 6.16. The maximum Gasteiger partial charge on any atom is 0.351 e. The van der Waals surface area contributed by atoms with E-state index in [2.05, 4.69) is 37.0 Å². The Bertz CT molecular complexity index is 1240. The number of amidine groups is 1. The van der Waals surface area contributed by atoms with Gasteiger partial charge < -0.3 is 15.2 Å². The summed E-state index contributed by atoms with van der Waals surface area (Å²) in [4.78, 5) is 32.5. The first kappa shape index (κ1) is 20.5. The van der Waals surface area contributed by atoms with Gasteiger partial charge in [0.25, 0.3) is 0 Å². The Morgan fingerprint density at radius 3 is 2.90 bits per heavy atom. The molecule has 0 aliphatic heterocycles. The van der Waals surface area contributed by atoms with Crippen molar-refractivity contribution in [2.75, 3.05) is 0 Å². The normalized spacial score (nSPS) is 12.0. The van der Waals surface area contributed by atoms with Crippen LogP contribution in [0.3, 0.4) is 0 Å². The smallest absolute Gasteiger partial charge is 0.351 e. The molecule has 10 heteroatoms. The number of nitrogens with two attached hydrogens (primary N) is 1. The number of H-pyrrole nitrogens is 1. The van der Waals surface area contributed by atoms with E-state index in [1.54, 1.807) is 4.57 Å². The summed E-state index contributed by atoms with van der Waals surface area (Å²) < 4.78 is 6.86. The maximum absolute atomic E-state index is 12.4. The molecule has 0 fully saturated rings. The van der Waals surface area contributed by atoms with Gasteiger partial charge in [0, 0.05) is 25.8 Å². The molecule has 0 aliphatic carbocycles. The lowest BCUT2D eigenvalue weighted by atomic mass is 10.1. The predicted molar refractivity (Wildman–Crippen MR) is 116 cm³/mol. The predicted octanol–water partition coefficient (Wildman–Crippen LogP) is 2.52. The van der Waals surface area contributed by atoms with Crippen molar-refractivity contribution >= 4 is 22.8 Å². The van der Waals surface area contributed by atoms with Crippen molar-refractivity contribution in [3.05, 3.63) is 64.4 Å². The molecule has 10 nitrogen and oxygen atoms in total. The van der Waals surface area contributed by atoms with Crippen molar-refractivity contribution in [2.45, 2.75) is 45.6 Å². The van der Waals surface area contributed by atoms with Gasteiger partial charge in [-0.25, -0.2) is 14.8 Å². The summed E-state index contributed by atoms with van der Waals surface area (Å²) in [5.74, 6) is 1.65. The number of unbranched alkanes of at least 4 members (excludes halogenated alkanes) is 1. The summed E-state index contributed by atoms with van der Waals surface area (Å²) in [7, 11) is 0. The molecular formula is C21H24N8O2. The molecule has 3 N–H and O–H groups in total. The van der Waals surface area contributed by atoms with Crippen LogP contribution in [0.2, 0.25) is 0 Å². The molecule has 3 aromatic heterocycles. The van der Waals surface area contributed by atoms with Crippen molar-refractivity contribution in [3.63, 3.8) is 0 Å². The highest BCUT2D eigenvalue weighted by molar-refractivity contribution is 5.88. The van der Waals surface area contributed by atoms with Crippen molar-refractivity contribution < 1.29 is 4.52 Å². The van der Waals surface area contributed by atoms with Crippen LogP contribution in [0.4, 0.5) is 5.82 Å². The van der Waals surface area contributed by atoms with Gasteiger partial charge in [-0.05, 0) is 12.0 Å². The molecule has 0 radical (unpaired) electrons. The molecule has 0 saturated carbocycles. The van der Waals surface area contributed by atoms with Crippen LogP contribution >= 0.6 is 0 Å². The zero-order valence-electron chi connectivity index (χ0n) is 17.3. The number of aryl methyl sites for hydroxylation is 2. The number of nitrogens with zero attached hydrogens (tertiary/aromatic N) is 6. The number of aromatic amines is 1. The van der Waals surface area contributed by atoms with E-state index in [9.17, 15) is 4.79 Å². The van der Waals surface area contributed by atoms with E-state index in [0.717, 1.165) is 18.4 Å². The van der Waals surface area contributed by atoms with Gasteiger partial charge in [-0.15, -0.1) is 0 Å². The van der Waals surface area contributed by atoms with Crippen LogP contribution in [0.5, 0.6) is 0 Å². The molecule has 0 unspecified atom stereocenters. The number of imidazole rings is 1. The highest BCUT2D eigenvalue weighted by Crippen LogP contribution is 2.19. The Balaban J connectivity index is 1.45. The van der Waals surface area contributed by atoms with Gasteiger partial charge in [0.05, 0.1) is 6.33 Å². The minimum absolute atomic E-state index is 0.234. The summed E-state index contributed by atoms with van der Waals surface area (Å²) in [6, 6.07) is 9.94. The average molecular weight is 420 g/mol. The number of hydrogen-bond donors (Lipinski definition) is 2. The molecular weight excluding hydrogens is 396 g/mol. The number of benzene rings is 1. The molecule has 160 valence electrons. The molecule has 0 aliphatic rings. The monoisotopic (exact) mass is 420 g/mol. The third-order valence-electron chi connectivity index (χ3n) is 4.83. The van der Waals surface area contributed by atoms with Gasteiger partial charge in [-0.1, -0.05) is 48.8 Å². The van der Waals surface area contributed by atoms with Crippen molar-refractivity contribution in [3.8, 4) is 0 Å². The summed E-state index contributed by atoms with van der Waals surface area (Å²) in [6.45, 7) is 2.62. The summed E-state index contributed by atoms with van der Waals surface area (Å²) in [5.41, 5.74) is 7.93. The fraction of sp³-hybridized carbons (Fsp3) is 0.333. The molecule has 4 rings (SSSR count). The minimum atomic E-state index is -0.387. The van der Waals surface area contributed by atoms with Gasteiger partial charge in [0.1, 0.15) is 11.4 Å². The fourth-order valence-corrected chi connectivity index (χ4v) is 3.22. The molecule has 1 aromatic carbocycles. The topological polar surface area (TPSA) is 141 Å². The molecule has 0 spiro atoms. The van der Waals surface area contributed by atoms with Crippen LogP contribution in [-0.4, -0.2) is 35.5 Å². The van der Waals surface area contributed by atoms with Crippen LogP contribution in [0.25, 0.3) is 11.2 Å². The van der Waals surface area contributed by atoms with Crippen LogP contribution < -0.4 is 11.4 Å². The summed E-state index contributed by atoms with van der Waals surface area (Å²) >= 11 is 0. The van der Waals surface area contributed by atoms with E-state index >= 15 is 0 Å². The molecule has 31 heavy (non-hydrogen) atoms.